The molecular formula is C16H13FN2. The Hall–Kier alpha value is -2.16. The molecule has 0 atom stereocenters. The lowest BCUT2D eigenvalue weighted by Crippen LogP contribution is -1.94. The molecule has 0 aliphatic heterocycles. The molecule has 1 aliphatic rings. The SMILES string of the molecule is Fc1ccc2nc3c(n2c1)CCCc1ccccc1-3. The van der Waals surface area contributed by atoms with Crippen LogP contribution in [0.2, 0.25) is 0 Å². The minimum Gasteiger partial charge on any atom is -0.300 e. The van der Waals surface area contributed by atoms with Crippen molar-refractivity contribution in [3.63, 3.8) is 0 Å². The van der Waals surface area contributed by atoms with Gasteiger partial charge < -0.3 is 4.40 Å². The first kappa shape index (κ1) is 10.7. The van der Waals surface area contributed by atoms with E-state index in [1.807, 2.05) is 10.5 Å². The van der Waals surface area contributed by atoms with Gasteiger partial charge in [-0.1, -0.05) is 24.3 Å². The van der Waals surface area contributed by atoms with Crippen molar-refractivity contribution in [1.29, 1.82) is 0 Å². The molecule has 19 heavy (non-hydrogen) atoms. The van der Waals surface area contributed by atoms with Crippen LogP contribution < -0.4 is 0 Å². The van der Waals surface area contributed by atoms with Gasteiger partial charge in [-0.05, 0) is 37.0 Å². The van der Waals surface area contributed by atoms with Gasteiger partial charge in [0.2, 0.25) is 0 Å². The van der Waals surface area contributed by atoms with Crippen LogP contribution in [0.5, 0.6) is 0 Å². The predicted octanol–water partition coefficient (Wildman–Crippen LogP) is 3.63. The molecule has 94 valence electrons. The van der Waals surface area contributed by atoms with Crippen LogP contribution in [-0.4, -0.2) is 9.38 Å². The summed E-state index contributed by atoms with van der Waals surface area (Å²) >= 11 is 0. The van der Waals surface area contributed by atoms with Gasteiger partial charge in [-0.15, -0.1) is 0 Å². The Bertz CT molecular complexity index is 774. The summed E-state index contributed by atoms with van der Waals surface area (Å²) in [4.78, 5) is 4.69. The smallest absolute Gasteiger partial charge is 0.139 e. The molecule has 0 N–H and O–H groups in total. The van der Waals surface area contributed by atoms with Gasteiger partial charge >= 0.3 is 0 Å². The summed E-state index contributed by atoms with van der Waals surface area (Å²) in [6, 6.07) is 11.6. The Morgan fingerprint density at radius 3 is 2.89 bits per heavy atom. The highest BCUT2D eigenvalue weighted by molar-refractivity contribution is 5.70. The zero-order valence-electron chi connectivity index (χ0n) is 10.4. The molecule has 0 saturated carbocycles. The Labute approximate surface area is 110 Å². The van der Waals surface area contributed by atoms with E-state index in [2.05, 4.69) is 18.2 Å². The third-order valence-electron chi connectivity index (χ3n) is 3.81. The molecule has 0 unspecified atom stereocenters. The van der Waals surface area contributed by atoms with E-state index in [0.29, 0.717) is 0 Å². The monoisotopic (exact) mass is 252 g/mol. The molecule has 0 fully saturated rings. The molecule has 2 nitrogen and oxygen atoms in total. The Morgan fingerprint density at radius 1 is 1.05 bits per heavy atom. The third-order valence-corrected chi connectivity index (χ3v) is 3.81. The van der Waals surface area contributed by atoms with Gasteiger partial charge in [0.05, 0.1) is 11.4 Å². The lowest BCUT2D eigenvalue weighted by molar-refractivity contribution is 0.617. The number of halogens is 1. The number of hydrogen-bond donors (Lipinski definition) is 0. The van der Waals surface area contributed by atoms with Crippen LogP contribution >= 0.6 is 0 Å². The summed E-state index contributed by atoms with van der Waals surface area (Å²) in [5, 5.41) is 0. The second kappa shape index (κ2) is 3.92. The molecule has 1 aromatic carbocycles. The molecule has 2 aromatic heterocycles. The zero-order chi connectivity index (χ0) is 12.8. The van der Waals surface area contributed by atoms with E-state index in [9.17, 15) is 4.39 Å². The standard InChI is InChI=1S/C16H13FN2/c17-12-8-9-15-18-16-13-6-2-1-4-11(13)5-3-7-14(16)19(15)10-12/h1-2,4,6,8-10H,3,5,7H2. The fraction of sp³-hybridized carbons (Fsp3) is 0.188. The maximum atomic E-state index is 13.4. The van der Waals surface area contributed by atoms with Gasteiger partial charge in [0.15, 0.2) is 0 Å². The minimum atomic E-state index is -0.217. The van der Waals surface area contributed by atoms with Crippen molar-refractivity contribution in [2.24, 2.45) is 0 Å². The number of nitrogens with zero attached hydrogens (tertiary/aromatic N) is 2. The van der Waals surface area contributed by atoms with Crippen LogP contribution in [0.4, 0.5) is 4.39 Å². The minimum absolute atomic E-state index is 0.217. The number of imidazole rings is 1. The average molecular weight is 252 g/mol. The highest BCUT2D eigenvalue weighted by Crippen LogP contribution is 2.32. The molecular weight excluding hydrogens is 239 g/mol. The number of pyridine rings is 1. The summed E-state index contributed by atoms with van der Waals surface area (Å²) in [5.41, 5.74) is 5.49. The van der Waals surface area contributed by atoms with Crippen molar-refractivity contribution in [3.05, 3.63) is 59.7 Å². The largest absolute Gasteiger partial charge is 0.300 e. The van der Waals surface area contributed by atoms with Crippen LogP contribution in [0, 0.1) is 5.82 Å². The van der Waals surface area contributed by atoms with Gasteiger partial charge in [0.1, 0.15) is 11.5 Å². The van der Waals surface area contributed by atoms with Gasteiger partial charge in [-0.3, -0.25) is 0 Å². The first-order valence-electron chi connectivity index (χ1n) is 6.58. The molecule has 0 amide bonds. The van der Waals surface area contributed by atoms with Crippen molar-refractivity contribution < 1.29 is 4.39 Å². The van der Waals surface area contributed by atoms with E-state index in [4.69, 9.17) is 4.98 Å². The van der Waals surface area contributed by atoms with E-state index in [0.717, 1.165) is 36.3 Å². The Kier molecular flexibility index (Phi) is 2.21. The van der Waals surface area contributed by atoms with E-state index < -0.39 is 0 Å². The summed E-state index contributed by atoms with van der Waals surface area (Å²) in [5.74, 6) is -0.217. The normalized spacial score (nSPS) is 13.9. The molecule has 0 radical (unpaired) electrons. The molecule has 0 saturated heterocycles. The second-order valence-electron chi connectivity index (χ2n) is 4.99. The quantitative estimate of drug-likeness (QED) is 0.597. The second-order valence-corrected chi connectivity index (χ2v) is 4.99. The van der Waals surface area contributed by atoms with Gasteiger partial charge in [0, 0.05) is 11.8 Å². The average Bonchev–Trinajstić information content (AvgIpc) is 2.67. The highest BCUT2D eigenvalue weighted by atomic mass is 19.1. The predicted molar refractivity (Wildman–Crippen MR) is 72.6 cm³/mol. The van der Waals surface area contributed by atoms with E-state index in [-0.39, 0.29) is 5.82 Å². The summed E-state index contributed by atoms with van der Waals surface area (Å²) < 4.78 is 15.3. The van der Waals surface area contributed by atoms with Gasteiger partial charge in [-0.25, -0.2) is 9.37 Å². The van der Waals surface area contributed by atoms with Crippen molar-refractivity contribution in [2.45, 2.75) is 19.3 Å². The Morgan fingerprint density at radius 2 is 1.95 bits per heavy atom. The van der Waals surface area contributed by atoms with Crippen LogP contribution in [0.3, 0.4) is 0 Å². The van der Waals surface area contributed by atoms with Crippen LogP contribution in [-0.2, 0) is 12.8 Å². The van der Waals surface area contributed by atoms with E-state index in [1.165, 1.54) is 23.4 Å². The first-order chi connectivity index (χ1) is 9.33. The van der Waals surface area contributed by atoms with Crippen LogP contribution in [0.25, 0.3) is 16.9 Å². The number of rotatable bonds is 0. The van der Waals surface area contributed by atoms with Crippen LogP contribution in [0.15, 0.2) is 42.6 Å². The van der Waals surface area contributed by atoms with Crippen LogP contribution in [0.1, 0.15) is 17.7 Å². The number of hydrogen-bond acceptors (Lipinski definition) is 1. The zero-order valence-corrected chi connectivity index (χ0v) is 10.4. The lowest BCUT2D eigenvalue weighted by Gasteiger charge is -2.03. The summed E-state index contributed by atoms with van der Waals surface area (Å²) in [6.45, 7) is 0. The fourth-order valence-corrected chi connectivity index (χ4v) is 2.94. The molecule has 2 heterocycles. The molecule has 1 aliphatic carbocycles. The van der Waals surface area contributed by atoms with E-state index >= 15 is 0 Å². The lowest BCUT2D eigenvalue weighted by atomic mass is 10.0. The number of aryl methyl sites for hydroxylation is 2. The molecule has 0 spiro atoms. The highest BCUT2D eigenvalue weighted by Gasteiger charge is 2.19. The maximum Gasteiger partial charge on any atom is 0.139 e. The summed E-state index contributed by atoms with van der Waals surface area (Å²) in [6.07, 6.45) is 4.61. The van der Waals surface area contributed by atoms with Gasteiger partial charge in [-0.2, -0.15) is 0 Å². The number of aromatic nitrogens is 2. The maximum absolute atomic E-state index is 13.4. The van der Waals surface area contributed by atoms with Crippen molar-refractivity contribution in [2.75, 3.05) is 0 Å². The fourth-order valence-electron chi connectivity index (χ4n) is 2.94. The summed E-state index contributed by atoms with van der Waals surface area (Å²) in [7, 11) is 0. The third kappa shape index (κ3) is 1.58. The first-order valence-corrected chi connectivity index (χ1v) is 6.58. The van der Waals surface area contributed by atoms with Crippen molar-refractivity contribution >= 4 is 5.65 Å². The number of fused-ring (bicyclic) bond motifs is 5. The molecule has 4 rings (SSSR count). The molecule has 3 aromatic rings. The molecule has 3 heteroatoms. The number of benzene rings is 1. The van der Waals surface area contributed by atoms with E-state index in [1.54, 1.807) is 6.07 Å². The topological polar surface area (TPSA) is 17.3 Å². The van der Waals surface area contributed by atoms with Crippen molar-refractivity contribution in [1.82, 2.24) is 9.38 Å². The Balaban J connectivity index is 2.08. The molecule has 0 bridgehead atoms. The van der Waals surface area contributed by atoms with Gasteiger partial charge in [0.25, 0.3) is 0 Å². The van der Waals surface area contributed by atoms with Crippen molar-refractivity contribution in [3.8, 4) is 11.3 Å².